The van der Waals surface area contributed by atoms with Gasteiger partial charge >= 0.3 is 0 Å². The molecule has 0 amide bonds. The van der Waals surface area contributed by atoms with Crippen LogP contribution in [0, 0.1) is 6.92 Å². The van der Waals surface area contributed by atoms with Gasteiger partial charge in [0.1, 0.15) is 5.01 Å². The Labute approximate surface area is 122 Å². The van der Waals surface area contributed by atoms with E-state index in [4.69, 9.17) is 0 Å². The Morgan fingerprint density at radius 3 is 2.80 bits per heavy atom. The summed E-state index contributed by atoms with van der Waals surface area (Å²) in [6.07, 6.45) is 3.45. The monoisotopic (exact) mass is 306 g/mol. The van der Waals surface area contributed by atoms with Crippen molar-refractivity contribution in [3.05, 3.63) is 23.5 Å². The molecule has 0 radical (unpaired) electrons. The standard InChI is InChI=1S/C10H10N8S2/c1-6-16-17-10(19-6)20-9-14-7(11-2)13-8(15-9)18-5-3-4-12-18/h3-5H,1-2H3,(H,11,13,14,15). The van der Waals surface area contributed by atoms with Crippen molar-refractivity contribution in [3.8, 4) is 5.95 Å². The van der Waals surface area contributed by atoms with Crippen LogP contribution in [0.1, 0.15) is 5.01 Å². The minimum atomic E-state index is 0.457. The molecule has 0 bridgehead atoms. The second-order valence-corrected chi connectivity index (χ2v) is 6.03. The summed E-state index contributed by atoms with van der Waals surface area (Å²) >= 11 is 2.85. The van der Waals surface area contributed by atoms with E-state index in [2.05, 4.69) is 35.6 Å². The van der Waals surface area contributed by atoms with Crippen molar-refractivity contribution in [1.82, 2.24) is 34.9 Å². The number of hydrogen-bond acceptors (Lipinski definition) is 9. The smallest absolute Gasteiger partial charge is 0.256 e. The highest BCUT2D eigenvalue weighted by atomic mass is 32.2. The Hall–Kier alpha value is -2.07. The molecule has 0 aliphatic rings. The van der Waals surface area contributed by atoms with Gasteiger partial charge in [0.25, 0.3) is 5.95 Å². The number of aryl methyl sites for hydroxylation is 1. The van der Waals surface area contributed by atoms with E-state index in [0.717, 1.165) is 9.35 Å². The zero-order valence-corrected chi connectivity index (χ0v) is 12.3. The lowest BCUT2D eigenvalue weighted by molar-refractivity contribution is 0.762. The fraction of sp³-hybridized carbons (Fsp3) is 0.200. The van der Waals surface area contributed by atoms with Crippen LogP contribution >= 0.6 is 23.1 Å². The van der Waals surface area contributed by atoms with Crippen LogP contribution in [0.3, 0.4) is 0 Å². The second-order valence-electron chi connectivity index (χ2n) is 3.63. The number of anilines is 1. The van der Waals surface area contributed by atoms with Crippen molar-refractivity contribution in [1.29, 1.82) is 0 Å². The predicted molar refractivity (Wildman–Crippen MR) is 75.3 cm³/mol. The summed E-state index contributed by atoms with van der Waals surface area (Å²) in [5.74, 6) is 0.937. The zero-order valence-electron chi connectivity index (χ0n) is 10.7. The van der Waals surface area contributed by atoms with Crippen LogP contribution < -0.4 is 5.32 Å². The first-order valence-corrected chi connectivity index (χ1v) is 7.30. The van der Waals surface area contributed by atoms with Crippen LogP contribution in [-0.2, 0) is 0 Å². The molecular weight excluding hydrogens is 296 g/mol. The average molecular weight is 306 g/mol. The van der Waals surface area contributed by atoms with Crippen molar-refractivity contribution in [2.75, 3.05) is 12.4 Å². The molecule has 0 aliphatic carbocycles. The van der Waals surface area contributed by atoms with E-state index >= 15 is 0 Å². The molecule has 0 aliphatic heterocycles. The van der Waals surface area contributed by atoms with Gasteiger partial charge in [0.2, 0.25) is 11.1 Å². The highest BCUT2D eigenvalue weighted by molar-refractivity contribution is 8.00. The van der Waals surface area contributed by atoms with E-state index < -0.39 is 0 Å². The molecule has 0 unspecified atom stereocenters. The first-order chi connectivity index (χ1) is 9.74. The highest BCUT2D eigenvalue weighted by Crippen LogP contribution is 2.27. The molecule has 1 N–H and O–H groups in total. The molecule has 20 heavy (non-hydrogen) atoms. The van der Waals surface area contributed by atoms with E-state index in [-0.39, 0.29) is 0 Å². The topological polar surface area (TPSA) is 94.3 Å². The van der Waals surface area contributed by atoms with Gasteiger partial charge in [0.05, 0.1) is 0 Å². The number of rotatable bonds is 4. The van der Waals surface area contributed by atoms with Crippen molar-refractivity contribution in [2.45, 2.75) is 16.4 Å². The lowest BCUT2D eigenvalue weighted by Gasteiger charge is -2.04. The Morgan fingerprint density at radius 2 is 2.15 bits per heavy atom. The van der Waals surface area contributed by atoms with Crippen LogP contribution in [-0.4, -0.2) is 42.0 Å². The summed E-state index contributed by atoms with van der Waals surface area (Å²) in [4.78, 5) is 12.9. The number of aromatic nitrogens is 7. The number of nitrogens with zero attached hydrogens (tertiary/aromatic N) is 7. The van der Waals surface area contributed by atoms with Gasteiger partial charge in [0, 0.05) is 19.4 Å². The Balaban J connectivity index is 1.96. The summed E-state index contributed by atoms with van der Waals surface area (Å²) < 4.78 is 2.37. The molecule has 3 aromatic heterocycles. The van der Waals surface area contributed by atoms with Crippen LogP contribution in [0.4, 0.5) is 5.95 Å². The lowest BCUT2D eigenvalue weighted by atomic mass is 10.7. The largest absolute Gasteiger partial charge is 0.357 e. The van der Waals surface area contributed by atoms with Crippen molar-refractivity contribution >= 4 is 29.0 Å². The summed E-state index contributed by atoms with van der Waals surface area (Å²) in [7, 11) is 1.76. The fourth-order valence-corrected chi connectivity index (χ4v) is 3.06. The minimum absolute atomic E-state index is 0.457. The Kier molecular flexibility index (Phi) is 3.56. The highest BCUT2D eigenvalue weighted by Gasteiger charge is 2.11. The van der Waals surface area contributed by atoms with E-state index in [9.17, 15) is 0 Å². The van der Waals surface area contributed by atoms with E-state index in [1.165, 1.54) is 23.1 Å². The lowest BCUT2D eigenvalue weighted by Crippen LogP contribution is -2.07. The normalized spacial score (nSPS) is 10.7. The van der Waals surface area contributed by atoms with Gasteiger partial charge in [-0.1, -0.05) is 11.3 Å². The SMILES string of the molecule is CNc1nc(Sc2nnc(C)s2)nc(-n2cccn2)n1. The van der Waals surface area contributed by atoms with Crippen molar-refractivity contribution in [2.24, 2.45) is 0 Å². The molecule has 3 aromatic rings. The van der Waals surface area contributed by atoms with Gasteiger partial charge in [-0.3, -0.25) is 0 Å². The third-order valence-corrected chi connectivity index (χ3v) is 3.98. The number of hydrogen-bond donors (Lipinski definition) is 1. The maximum absolute atomic E-state index is 4.37. The molecule has 8 nitrogen and oxygen atoms in total. The van der Waals surface area contributed by atoms with Crippen LogP contribution in [0.15, 0.2) is 28.0 Å². The van der Waals surface area contributed by atoms with Crippen LogP contribution in [0.2, 0.25) is 0 Å². The fourth-order valence-electron chi connectivity index (χ4n) is 1.39. The van der Waals surface area contributed by atoms with Gasteiger partial charge in [-0.05, 0) is 24.8 Å². The van der Waals surface area contributed by atoms with Crippen LogP contribution in [0.5, 0.6) is 0 Å². The Bertz CT molecular complexity index is 708. The maximum Gasteiger partial charge on any atom is 0.256 e. The summed E-state index contributed by atoms with van der Waals surface area (Å²) in [5, 5.41) is 16.5. The molecule has 0 spiro atoms. The third-order valence-electron chi connectivity index (χ3n) is 2.22. The maximum atomic E-state index is 4.37. The third kappa shape index (κ3) is 2.75. The zero-order chi connectivity index (χ0) is 13.9. The molecular formula is C10H10N8S2. The quantitative estimate of drug-likeness (QED) is 0.773. The first kappa shape index (κ1) is 12.9. The molecule has 3 rings (SSSR count). The molecule has 3 heterocycles. The van der Waals surface area contributed by atoms with Gasteiger partial charge in [-0.25, -0.2) is 4.68 Å². The minimum Gasteiger partial charge on any atom is -0.357 e. The predicted octanol–water partition coefficient (Wildman–Crippen LogP) is 1.41. The number of nitrogens with one attached hydrogen (secondary N) is 1. The molecule has 0 aromatic carbocycles. The summed E-state index contributed by atoms with van der Waals surface area (Å²) in [6.45, 7) is 1.91. The van der Waals surface area contributed by atoms with Gasteiger partial charge in [0.15, 0.2) is 4.34 Å². The molecule has 0 saturated carbocycles. The molecule has 10 heteroatoms. The van der Waals surface area contributed by atoms with Crippen molar-refractivity contribution in [3.63, 3.8) is 0 Å². The molecule has 102 valence electrons. The summed E-state index contributed by atoms with van der Waals surface area (Å²) in [5.41, 5.74) is 0. The van der Waals surface area contributed by atoms with E-state index in [1.807, 2.05) is 13.0 Å². The summed E-state index contributed by atoms with van der Waals surface area (Å²) in [6, 6.07) is 1.81. The van der Waals surface area contributed by atoms with Crippen LogP contribution in [0.25, 0.3) is 5.95 Å². The van der Waals surface area contributed by atoms with E-state index in [0.29, 0.717) is 17.1 Å². The molecule has 0 fully saturated rings. The molecule has 0 saturated heterocycles. The van der Waals surface area contributed by atoms with Crippen molar-refractivity contribution < 1.29 is 0 Å². The first-order valence-electron chi connectivity index (χ1n) is 5.66. The second kappa shape index (κ2) is 5.51. The van der Waals surface area contributed by atoms with Gasteiger partial charge in [-0.15, -0.1) is 10.2 Å². The van der Waals surface area contributed by atoms with E-state index in [1.54, 1.807) is 24.1 Å². The average Bonchev–Trinajstić information content (AvgIpc) is 3.10. The van der Waals surface area contributed by atoms with Gasteiger partial charge < -0.3 is 5.32 Å². The molecule has 0 atom stereocenters. The Morgan fingerprint density at radius 1 is 1.25 bits per heavy atom. The van der Waals surface area contributed by atoms with Gasteiger partial charge in [-0.2, -0.15) is 20.1 Å².